The maximum atomic E-state index is 13.2. The van der Waals surface area contributed by atoms with Gasteiger partial charge in [0.25, 0.3) is 0 Å². The van der Waals surface area contributed by atoms with Gasteiger partial charge in [0.05, 0.1) is 26.4 Å². The van der Waals surface area contributed by atoms with Crippen molar-refractivity contribution >= 4 is 39.5 Å². The lowest BCUT2D eigenvalue weighted by Gasteiger charge is -2.21. The van der Waals surface area contributed by atoms with Gasteiger partial charge in [-0.3, -0.25) is 37.3 Å². The molecule has 648 valence electrons. The number of phosphoric acid groups is 2. The molecule has 3 N–H and O–H groups in total. The lowest BCUT2D eigenvalue weighted by Crippen LogP contribution is -2.30. The summed E-state index contributed by atoms with van der Waals surface area (Å²) in [5, 5.41) is 10.7. The van der Waals surface area contributed by atoms with E-state index in [0.29, 0.717) is 25.7 Å². The molecule has 109 heavy (non-hydrogen) atoms. The van der Waals surface area contributed by atoms with Crippen molar-refractivity contribution in [1.82, 2.24) is 0 Å². The van der Waals surface area contributed by atoms with Crippen molar-refractivity contribution in [3.05, 3.63) is 0 Å². The summed E-state index contributed by atoms with van der Waals surface area (Å²) < 4.78 is 69.0. The Morgan fingerprint density at radius 1 is 0.266 bits per heavy atom. The Hall–Kier alpha value is -1.94. The number of phosphoric ester groups is 2. The molecule has 19 heteroatoms. The van der Waals surface area contributed by atoms with Crippen LogP contribution in [0, 0.1) is 17.8 Å². The Bertz CT molecular complexity index is 2100. The van der Waals surface area contributed by atoms with Crippen LogP contribution < -0.4 is 0 Å². The number of ether oxygens (including phenoxy) is 4. The summed E-state index contributed by atoms with van der Waals surface area (Å²) >= 11 is 0. The molecule has 0 aliphatic carbocycles. The first-order valence-electron chi connectivity index (χ1n) is 46.4. The van der Waals surface area contributed by atoms with Crippen LogP contribution in [0.1, 0.15) is 479 Å². The van der Waals surface area contributed by atoms with E-state index in [2.05, 4.69) is 48.5 Å². The highest BCUT2D eigenvalue weighted by Crippen LogP contribution is 2.45. The molecule has 0 aromatic rings. The van der Waals surface area contributed by atoms with E-state index in [4.69, 9.17) is 37.0 Å². The Morgan fingerprint density at radius 3 is 0.697 bits per heavy atom. The fraction of sp³-hybridized carbons (Fsp3) is 0.956. The first kappa shape index (κ1) is 107. The lowest BCUT2D eigenvalue weighted by atomic mass is 9.99. The van der Waals surface area contributed by atoms with Crippen molar-refractivity contribution in [3.8, 4) is 0 Å². The summed E-state index contributed by atoms with van der Waals surface area (Å²) in [7, 11) is -9.93. The highest BCUT2D eigenvalue weighted by atomic mass is 31.2. The number of unbranched alkanes of at least 4 members (excludes halogenated alkanes) is 54. The zero-order chi connectivity index (χ0) is 80.0. The molecule has 0 aromatic heterocycles. The fourth-order valence-corrected chi connectivity index (χ4v) is 15.6. The number of carbonyl (C=O) groups excluding carboxylic acids is 4. The minimum Gasteiger partial charge on any atom is -0.462 e. The van der Waals surface area contributed by atoms with Gasteiger partial charge < -0.3 is 33.8 Å². The van der Waals surface area contributed by atoms with Gasteiger partial charge in [-0.15, -0.1) is 0 Å². The van der Waals surface area contributed by atoms with Gasteiger partial charge in [-0.1, -0.05) is 427 Å². The van der Waals surface area contributed by atoms with Crippen LogP contribution in [0.4, 0.5) is 0 Å². The second-order valence-corrected chi connectivity index (χ2v) is 36.2. The zero-order valence-corrected chi connectivity index (χ0v) is 73.8. The topological polar surface area (TPSA) is 237 Å². The second-order valence-electron chi connectivity index (χ2n) is 33.3. The van der Waals surface area contributed by atoms with Gasteiger partial charge >= 0.3 is 39.5 Å². The summed E-state index contributed by atoms with van der Waals surface area (Å²) in [6.07, 6.45) is 72.4. The third-order valence-electron chi connectivity index (χ3n) is 21.9. The van der Waals surface area contributed by atoms with E-state index in [0.717, 1.165) is 114 Å². The van der Waals surface area contributed by atoms with Gasteiger partial charge in [-0.25, -0.2) is 9.13 Å². The number of aliphatic hydroxyl groups is 1. The van der Waals surface area contributed by atoms with Crippen LogP contribution in [-0.2, 0) is 65.4 Å². The maximum absolute atomic E-state index is 13.2. The van der Waals surface area contributed by atoms with Gasteiger partial charge in [-0.05, 0) is 43.4 Å². The monoisotopic (exact) mass is 1590 g/mol. The van der Waals surface area contributed by atoms with Crippen LogP contribution in [0.5, 0.6) is 0 Å². The predicted molar refractivity (Wildman–Crippen MR) is 451 cm³/mol. The van der Waals surface area contributed by atoms with Crippen molar-refractivity contribution in [2.75, 3.05) is 39.6 Å². The third-order valence-corrected chi connectivity index (χ3v) is 23.8. The summed E-state index contributed by atoms with van der Waals surface area (Å²) in [4.78, 5) is 73.3. The first-order valence-corrected chi connectivity index (χ1v) is 49.4. The predicted octanol–water partition coefficient (Wildman–Crippen LogP) is 27.6. The number of rotatable bonds is 88. The molecule has 0 amide bonds. The standard InChI is InChI=1S/C90H176O17P2/c1-8-11-12-13-14-15-16-17-18-19-20-21-22-26-29-34-39-44-49-57-64-71-87(92)100-77-85(106-89(94)73-66-59-50-45-40-35-30-27-24-23-25-28-33-38-43-48-55-62-69-82(6)9-2)79-104-108(96,97)102-75-84(91)76-103-109(98,99)105-80-86(78-101-88(93)72-65-58-53-52-56-63-70-83(7)10-3)107-90(95)74-67-60-51-46-41-36-31-32-37-42-47-54-61-68-81(4)5/h81-86,91H,8-80H2,1-7H3,(H,96,97)(H,98,99)/t82?,83?,84-,85-,86-/m1/s1. The molecule has 0 saturated heterocycles. The molecule has 7 atom stereocenters. The minimum absolute atomic E-state index is 0.106. The van der Waals surface area contributed by atoms with Gasteiger partial charge in [0, 0.05) is 25.7 Å². The number of carbonyl (C=O) groups is 4. The van der Waals surface area contributed by atoms with Crippen molar-refractivity contribution in [1.29, 1.82) is 0 Å². The molecular weight excluding hydrogens is 1410 g/mol. The molecular formula is C90H176O17P2. The van der Waals surface area contributed by atoms with Crippen LogP contribution in [0.25, 0.3) is 0 Å². The number of hydrogen-bond acceptors (Lipinski definition) is 15. The average Bonchev–Trinajstić information content (AvgIpc) is 0.899. The normalized spacial score (nSPS) is 14.3. The molecule has 0 rings (SSSR count). The SMILES string of the molecule is CCCCCCCCCCCCCCCCCCCCCCCC(=O)OC[C@H](COP(=O)(O)OC[C@@H](O)COP(=O)(O)OC[C@@H](COC(=O)CCCCCCCCC(C)CC)OC(=O)CCCCCCCCCCCCCCCC(C)C)OC(=O)CCCCCCCCCCCCCCCCCCCCC(C)CC. The molecule has 0 heterocycles. The van der Waals surface area contributed by atoms with E-state index < -0.39 is 97.5 Å². The van der Waals surface area contributed by atoms with Crippen LogP contribution in [-0.4, -0.2) is 96.7 Å². The fourth-order valence-electron chi connectivity index (χ4n) is 14.0. The van der Waals surface area contributed by atoms with Crippen molar-refractivity contribution in [2.24, 2.45) is 17.8 Å². The van der Waals surface area contributed by atoms with Gasteiger partial charge in [0.15, 0.2) is 12.2 Å². The summed E-state index contributed by atoms with van der Waals surface area (Å²) in [6.45, 7) is 12.0. The van der Waals surface area contributed by atoms with E-state index in [9.17, 15) is 43.2 Å². The van der Waals surface area contributed by atoms with Crippen LogP contribution in [0.2, 0.25) is 0 Å². The summed E-state index contributed by atoms with van der Waals surface area (Å²) in [5.41, 5.74) is 0. The molecule has 0 aromatic carbocycles. The second kappa shape index (κ2) is 79.9. The molecule has 17 nitrogen and oxygen atoms in total. The van der Waals surface area contributed by atoms with E-state index in [1.54, 1.807) is 0 Å². The van der Waals surface area contributed by atoms with E-state index >= 15 is 0 Å². The average molecular weight is 1590 g/mol. The molecule has 0 bridgehead atoms. The van der Waals surface area contributed by atoms with Gasteiger partial charge in [0.2, 0.25) is 0 Å². The molecule has 0 spiro atoms. The molecule has 0 saturated carbocycles. The highest BCUT2D eigenvalue weighted by molar-refractivity contribution is 7.47. The Balaban J connectivity index is 5.22. The van der Waals surface area contributed by atoms with Crippen molar-refractivity contribution in [3.63, 3.8) is 0 Å². The van der Waals surface area contributed by atoms with Gasteiger partial charge in [0.1, 0.15) is 19.3 Å². The highest BCUT2D eigenvalue weighted by Gasteiger charge is 2.31. The van der Waals surface area contributed by atoms with Crippen molar-refractivity contribution < 1.29 is 80.2 Å². The minimum atomic E-state index is -4.97. The molecule has 0 aliphatic rings. The van der Waals surface area contributed by atoms with E-state index in [-0.39, 0.29) is 25.7 Å². The van der Waals surface area contributed by atoms with Crippen LogP contribution >= 0.6 is 15.6 Å². The Kier molecular flexibility index (Phi) is 78.5. The molecule has 4 unspecified atom stereocenters. The van der Waals surface area contributed by atoms with E-state index in [1.807, 2.05) is 0 Å². The molecule has 0 fully saturated rings. The molecule has 0 radical (unpaired) electrons. The zero-order valence-electron chi connectivity index (χ0n) is 72.0. The van der Waals surface area contributed by atoms with Crippen LogP contribution in [0.15, 0.2) is 0 Å². The number of aliphatic hydroxyl groups excluding tert-OH is 1. The lowest BCUT2D eigenvalue weighted by molar-refractivity contribution is -0.161. The number of esters is 4. The Labute approximate surface area is 670 Å². The molecule has 0 aliphatic heterocycles. The maximum Gasteiger partial charge on any atom is 0.472 e. The Morgan fingerprint density at radius 2 is 0.468 bits per heavy atom. The first-order chi connectivity index (χ1) is 52.8. The van der Waals surface area contributed by atoms with Gasteiger partial charge in [-0.2, -0.15) is 0 Å². The largest absolute Gasteiger partial charge is 0.472 e. The summed E-state index contributed by atoms with van der Waals surface area (Å²) in [5.74, 6) is 0.286. The number of hydrogen-bond donors (Lipinski definition) is 3. The smallest absolute Gasteiger partial charge is 0.462 e. The van der Waals surface area contributed by atoms with Crippen molar-refractivity contribution in [2.45, 2.75) is 497 Å². The van der Waals surface area contributed by atoms with E-state index in [1.165, 1.54) is 283 Å². The third kappa shape index (κ3) is 81.0. The quantitative estimate of drug-likeness (QED) is 0.0222. The summed E-state index contributed by atoms with van der Waals surface area (Å²) in [6, 6.07) is 0. The van der Waals surface area contributed by atoms with Crippen LogP contribution in [0.3, 0.4) is 0 Å².